The Morgan fingerprint density at radius 2 is 1.58 bits per heavy atom. The SMILES string of the molecule is C[C@]12CCC(O)C[C@@H]1CC[C@@H]1[C@@H]2CC[C@@]2(C)[C@H]1CCC21OCCO1. The Hall–Kier alpha value is -0.120. The first-order valence-electron chi connectivity index (χ1n) is 10.4. The van der Waals surface area contributed by atoms with Gasteiger partial charge in [-0.05, 0) is 80.5 Å². The van der Waals surface area contributed by atoms with Crippen LogP contribution in [0.1, 0.15) is 71.6 Å². The standard InChI is InChI=1S/C21H34O3/c1-19-8-5-15(22)13-14(19)3-4-16-17(19)6-9-20(2)18(16)7-10-21(20)23-11-12-24-21/h14-18,22H,3-13H2,1-2H3/t14-,15?,16+,17-,18-,19-,20-/m0/s1. The lowest BCUT2D eigenvalue weighted by Crippen LogP contribution is -2.57. The van der Waals surface area contributed by atoms with Gasteiger partial charge in [-0.15, -0.1) is 0 Å². The summed E-state index contributed by atoms with van der Waals surface area (Å²) in [4.78, 5) is 0. The predicted molar refractivity (Wildman–Crippen MR) is 92.4 cm³/mol. The van der Waals surface area contributed by atoms with Gasteiger partial charge in [0.2, 0.25) is 0 Å². The molecule has 5 aliphatic rings. The highest BCUT2D eigenvalue weighted by molar-refractivity contribution is 5.12. The van der Waals surface area contributed by atoms with Crippen LogP contribution in [0.15, 0.2) is 0 Å². The van der Waals surface area contributed by atoms with Crippen molar-refractivity contribution in [1.29, 1.82) is 0 Å². The van der Waals surface area contributed by atoms with E-state index >= 15 is 0 Å². The molecular formula is C21H34O3. The molecule has 136 valence electrons. The van der Waals surface area contributed by atoms with E-state index in [4.69, 9.17) is 9.47 Å². The van der Waals surface area contributed by atoms with Gasteiger partial charge in [-0.3, -0.25) is 0 Å². The Morgan fingerprint density at radius 3 is 2.38 bits per heavy atom. The summed E-state index contributed by atoms with van der Waals surface area (Å²) in [6.45, 7) is 6.61. The Kier molecular flexibility index (Phi) is 3.49. The molecule has 0 bridgehead atoms. The smallest absolute Gasteiger partial charge is 0.174 e. The van der Waals surface area contributed by atoms with Gasteiger partial charge in [0.05, 0.1) is 19.3 Å². The van der Waals surface area contributed by atoms with E-state index in [2.05, 4.69) is 13.8 Å². The van der Waals surface area contributed by atoms with Gasteiger partial charge in [-0.1, -0.05) is 13.8 Å². The molecule has 1 N–H and O–H groups in total. The summed E-state index contributed by atoms with van der Waals surface area (Å²) in [6.07, 6.45) is 11.0. The van der Waals surface area contributed by atoms with Crippen molar-refractivity contribution in [2.75, 3.05) is 13.2 Å². The molecule has 5 fully saturated rings. The van der Waals surface area contributed by atoms with Gasteiger partial charge in [0, 0.05) is 11.8 Å². The zero-order valence-electron chi connectivity index (χ0n) is 15.4. The fourth-order valence-corrected chi connectivity index (χ4v) is 8.12. The largest absolute Gasteiger partial charge is 0.393 e. The Balaban J connectivity index is 1.45. The molecule has 1 heterocycles. The van der Waals surface area contributed by atoms with Crippen molar-refractivity contribution in [2.45, 2.75) is 83.5 Å². The first kappa shape index (κ1) is 16.1. The van der Waals surface area contributed by atoms with Crippen LogP contribution in [0.4, 0.5) is 0 Å². The van der Waals surface area contributed by atoms with Crippen molar-refractivity contribution in [1.82, 2.24) is 0 Å². The van der Waals surface area contributed by atoms with Crippen LogP contribution in [0.2, 0.25) is 0 Å². The summed E-state index contributed by atoms with van der Waals surface area (Å²) < 4.78 is 12.5. The van der Waals surface area contributed by atoms with E-state index in [9.17, 15) is 5.11 Å². The highest BCUT2D eigenvalue weighted by Crippen LogP contribution is 2.69. The molecule has 4 saturated carbocycles. The summed E-state index contributed by atoms with van der Waals surface area (Å²) in [5, 5.41) is 10.2. The van der Waals surface area contributed by atoms with E-state index < -0.39 is 0 Å². The summed E-state index contributed by atoms with van der Waals surface area (Å²) in [6, 6.07) is 0. The fourth-order valence-electron chi connectivity index (χ4n) is 8.12. The second kappa shape index (κ2) is 5.20. The highest BCUT2D eigenvalue weighted by atomic mass is 16.7. The number of fused-ring (bicyclic) bond motifs is 6. The molecule has 3 heteroatoms. The van der Waals surface area contributed by atoms with Crippen LogP contribution in [0, 0.1) is 34.5 Å². The fraction of sp³-hybridized carbons (Fsp3) is 1.00. The lowest BCUT2D eigenvalue weighted by atomic mass is 9.45. The molecule has 1 unspecified atom stereocenters. The Morgan fingerprint density at radius 1 is 0.833 bits per heavy atom. The lowest BCUT2D eigenvalue weighted by Gasteiger charge is -2.61. The van der Waals surface area contributed by atoms with E-state index in [1.54, 1.807) is 0 Å². The molecule has 1 aliphatic heterocycles. The van der Waals surface area contributed by atoms with Crippen LogP contribution in [0.25, 0.3) is 0 Å². The van der Waals surface area contributed by atoms with Gasteiger partial charge < -0.3 is 14.6 Å². The minimum Gasteiger partial charge on any atom is -0.393 e. The predicted octanol–water partition coefficient (Wildman–Crippen LogP) is 4.13. The number of aliphatic hydroxyl groups is 1. The van der Waals surface area contributed by atoms with Crippen molar-refractivity contribution >= 4 is 0 Å². The molecular weight excluding hydrogens is 300 g/mol. The molecule has 1 saturated heterocycles. The molecule has 3 nitrogen and oxygen atoms in total. The maximum Gasteiger partial charge on any atom is 0.174 e. The van der Waals surface area contributed by atoms with Gasteiger partial charge in [0.1, 0.15) is 0 Å². The number of ether oxygens (including phenoxy) is 2. The minimum absolute atomic E-state index is 0.0384. The van der Waals surface area contributed by atoms with Crippen LogP contribution in [-0.2, 0) is 9.47 Å². The molecule has 5 rings (SSSR count). The highest BCUT2D eigenvalue weighted by Gasteiger charge is 2.67. The molecule has 0 amide bonds. The van der Waals surface area contributed by atoms with Crippen molar-refractivity contribution < 1.29 is 14.6 Å². The quantitative estimate of drug-likeness (QED) is 0.724. The summed E-state index contributed by atoms with van der Waals surface area (Å²) in [5.74, 6) is 2.98. The van der Waals surface area contributed by atoms with E-state index in [1.165, 1.54) is 38.5 Å². The molecule has 0 aromatic rings. The van der Waals surface area contributed by atoms with Crippen LogP contribution in [-0.4, -0.2) is 30.2 Å². The van der Waals surface area contributed by atoms with Gasteiger partial charge in [0.25, 0.3) is 0 Å². The summed E-state index contributed by atoms with van der Waals surface area (Å²) >= 11 is 0. The van der Waals surface area contributed by atoms with Crippen molar-refractivity contribution in [3.8, 4) is 0 Å². The average Bonchev–Trinajstić information content (AvgIpc) is 3.15. The number of hydrogen-bond acceptors (Lipinski definition) is 3. The first-order valence-corrected chi connectivity index (χ1v) is 10.4. The van der Waals surface area contributed by atoms with Crippen molar-refractivity contribution in [3.63, 3.8) is 0 Å². The molecule has 24 heavy (non-hydrogen) atoms. The number of hydrogen-bond donors (Lipinski definition) is 1. The van der Waals surface area contributed by atoms with Crippen LogP contribution in [0.3, 0.4) is 0 Å². The molecule has 0 aromatic carbocycles. The van der Waals surface area contributed by atoms with Crippen LogP contribution >= 0.6 is 0 Å². The van der Waals surface area contributed by atoms with E-state index in [0.29, 0.717) is 5.41 Å². The Labute approximate surface area is 146 Å². The molecule has 0 aromatic heterocycles. The van der Waals surface area contributed by atoms with Gasteiger partial charge >= 0.3 is 0 Å². The summed E-state index contributed by atoms with van der Waals surface area (Å²) in [7, 11) is 0. The topological polar surface area (TPSA) is 38.7 Å². The third-order valence-electron chi connectivity index (χ3n) is 9.44. The molecule has 0 radical (unpaired) electrons. The first-order chi connectivity index (χ1) is 11.5. The van der Waals surface area contributed by atoms with E-state index in [0.717, 1.165) is 56.1 Å². The molecule has 7 atom stereocenters. The van der Waals surface area contributed by atoms with Gasteiger partial charge in [0.15, 0.2) is 5.79 Å². The Bertz CT molecular complexity index is 513. The third kappa shape index (κ3) is 1.90. The number of aliphatic hydroxyl groups excluding tert-OH is 1. The number of rotatable bonds is 0. The monoisotopic (exact) mass is 334 g/mol. The van der Waals surface area contributed by atoms with Crippen molar-refractivity contribution in [2.24, 2.45) is 34.5 Å². The van der Waals surface area contributed by atoms with Crippen molar-refractivity contribution in [3.05, 3.63) is 0 Å². The maximum atomic E-state index is 10.2. The normalized spacial score (nSPS) is 55.9. The van der Waals surface area contributed by atoms with Gasteiger partial charge in [-0.2, -0.15) is 0 Å². The lowest BCUT2D eigenvalue weighted by molar-refractivity contribution is -0.247. The third-order valence-corrected chi connectivity index (χ3v) is 9.44. The second-order valence-corrected chi connectivity index (χ2v) is 10.0. The van der Waals surface area contributed by atoms with Crippen LogP contribution in [0.5, 0.6) is 0 Å². The van der Waals surface area contributed by atoms with Gasteiger partial charge in [-0.25, -0.2) is 0 Å². The molecule has 4 aliphatic carbocycles. The van der Waals surface area contributed by atoms with Crippen LogP contribution < -0.4 is 0 Å². The van der Waals surface area contributed by atoms with E-state index in [1.807, 2.05) is 0 Å². The maximum absolute atomic E-state index is 10.2. The molecule has 1 spiro atoms. The second-order valence-electron chi connectivity index (χ2n) is 10.0. The zero-order valence-corrected chi connectivity index (χ0v) is 15.4. The minimum atomic E-state index is -0.261. The zero-order chi connectivity index (χ0) is 16.6. The van der Waals surface area contributed by atoms with E-state index in [-0.39, 0.29) is 17.3 Å². The summed E-state index contributed by atoms with van der Waals surface area (Å²) in [5.41, 5.74) is 0.693. The average molecular weight is 335 g/mol.